The lowest BCUT2D eigenvalue weighted by Gasteiger charge is -2.32. The normalized spacial score (nSPS) is 15.7. The van der Waals surface area contributed by atoms with Crippen LogP contribution in [0.1, 0.15) is 44.5 Å². The molecule has 5 aliphatic rings. The highest BCUT2D eigenvalue weighted by atomic mass is 15.1. The van der Waals surface area contributed by atoms with Crippen molar-refractivity contribution in [3.63, 3.8) is 0 Å². The summed E-state index contributed by atoms with van der Waals surface area (Å²) in [6.07, 6.45) is 0. The Balaban J connectivity index is 0.901. The van der Waals surface area contributed by atoms with Crippen LogP contribution >= 0.6 is 0 Å². The number of fused-ring (bicyclic) bond motifs is 15. The predicted molar refractivity (Wildman–Crippen MR) is 284 cm³/mol. The van der Waals surface area contributed by atoms with Crippen molar-refractivity contribution in [3.8, 4) is 77.9 Å². The summed E-state index contributed by atoms with van der Waals surface area (Å²) in [5, 5.41) is 0. The van der Waals surface area contributed by atoms with Gasteiger partial charge in [-0.15, -0.1) is 0 Å². The van der Waals surface area contributed by atoms with Gasteiger partial charge in [-0.3, -0.25) is 0 Å². The molecule has 0 amide bonds. The van der Waals surface area contributed by atoms with Crippen LogP contribution in [-0.4, -0.2) is 0 Å². The van der Waals surface area contributed by atoms with Crippen LogP contribution in [0.5, 0.6) is 0 Å². The third-order valence-corrected chi connectivity index (χ3v) is 16.4. The van der Waals surface area contributed by atoms with E-state index < -0.39 is 5.41 Å². The van der Waals surface area contributed by atoms with Gasteiger partial charge in [0.15, 0.2) is 0 Å². The average molecular weight is 872 g/mol. The fraction of sp³-hybridized carbons (Fsp3) is 0.0294. The molecule has 1 atom stereocenters. The van der Waals surface area contributed by atoms with E-state index in [1.165, 1.54) is 122 Å². The summed E-state index contributed by atoms with van der Waals surface area (Å²) >= 11 is 0. The standard InChI is InChI=1S/C68H41N/c1-2-17-43(18-3-1)46-19-8-13-33-62(46)69(63-34-16-32-60-64(63)55-23-7-12-31-59(55)67(60)56-28-9-4-20-47(56)48-21-5-10-29-57(48)67)45-38-35-42(36-39-45)44-37-40-50-52-25-15-27-54-53-26-14-24-51-49-22-6-11-30-58(49)68(65(51)53,66(52)54)61(50)41-44/h1-41H. The molecule has 0 saturated carbocycles. The maximum absolute atomic E-state index is 2.53. The van der Waals surface area contributed by atoms with Crippen molar-refractivity contribution in [2.24, 2.45) is 0 Å². The van der Waals surface area contributed by atoms with Gasteiger partial charge in [-0.25, -0.2) is 0 Å². The first-order valence-electron chi connectivity index (χ1n) is 24.3. The van der Waals surface area contributed by atoms with Crippen molar-refractivity contribution >= 4 is 17.1 Å². The minimum absolute atomic E-state index is 0.320. The van der Waals surface area contributed by atoms with Crippen molar-refractivity contribution in [2.45, 2.75) is 10.8 Å². The average Bonchev–Trinajstić information content (AvgIpc) is 4.18. The van der Waals surface area contributed by atoms with Crippen LogP contribution in [0.3, 0.4) is 0 Å². The zero-order valence-corrected chi connectivity index (χ0v) is 37.6. The highest BCUT2D eigenvalue weighted by Crippen LogP contribution is 2.70. The fourth-order valence-corrected chi connectivity index (χ4v) is 14.0. The lowest BCUT2D eigenvalue weighted by molar-refractivity contribution is 0.794. The highest BCUT2D eigenvalue weighted by molar-refractivity contribution is 6.07. The molecule has 1 heteroatoms. The minimum atomic E-state index is -0.447. The van der Waals surface area contributed by atoms with E-state index in [2.05, 4.69) is 254 Å². The van der Waals surface area contributed by atoms with Gasteiger partial charge in [0.25, 0.3) is 0 Å². The smallest absolute Gasteiger partial charge is 0.0737 e. The van der Waals surface area contributed by atoms with Crippen molar-refractivity contribution in [1.29, 1.82) is 0 Å². The van der Waals surface area contributed by atoms with Gasteiger partial charge in [0.05, 0.1) is 22.2 Å². The van der Waals surface area contributed by atoms with Gasteiger partial charge in [-0.1, -0.05) is 218 Å². The Morgan fingerprint density at radius 2 is 0.652 bits per heavy atom. The van der Waals surface area contributed by atoms with Crippen molar-refractivity contribution in [2.75, 3.05) is 4.90 Å². The van der Waals surface area contributed by atoms with E-state index in [1.54, 1.807) is 0 Å². The number of hydrogen-bond acceptors (Lipinski definition) is 1. The summed E-state index contributed by atoms with van der Waals surface area (Å²) in [6, 6.07) is 93.8. The summed E-state index contributed by atoms with van der Waals surface area (Å²) in [7, 11) is 0. The molecule has 0 heterocycles. The van der Waals surface area contributed by atoms with Crippen LogP contribution in [0.25, 0.3) is 77.9 Å². The van der Waals surface area contributed by atoms with Crippen molar-refractivity contribution in [3.05, 3.63) is 293 Å². The van der Waals surface area contributed by atoms with E-state index in [1.807, 2.05) is 0 Å². The maximum atomic E-state index is 2.53. The number of para-hydroxylation sites is 1. The summed E-state index contributed by atoms with van der Waals surface area (Å²) in [5.41, 5.74) is 31.9. The van der Waals surface area contributed by atoms with Gasteiger partial charge in [-0.05, 0) is 142 Å². The van der Waals surface area contributed by atoms with Crippen LogP contribution in [0, 0.1) is 0 Å². The van der Waals surface area contributed by atoms with Gasteiger partial charge in [0.1, 0.15) is 0 Å². The largest absolute Gasteiger partial charge is 0.309 e. The number of hydrogen-bond donors (Lipinski definition) is 0. The second-order valence-corrected chi connectivity index (χ2v) is 19.4. The van der Waals surface area contributed by atoms with E-state index >= 15 is 0 Å². The quantitative estimate of drug-likeness (QED) is 0.167. The Labute approximate surface area is 401 Å². The first kappa shape index (κ1) is 37.3. The van der Waals surface area contributed by atoms with E-state index in [-0.39, 0.29) is 5.41 Å². The van der Waals surface area contributed by atoms with Gasteiger partial charge in [0.2, 0.25) is 0 Å². The van der Waals surface area contributed by atoms with Crippen molar-refractivity contribution < 1.29 is 0 Å². The maximum Gasteiger partial charge on any atom is 0.0737 e. The Bertz CT molecular complexity index is 3940. The zero-order valence-electron chi connectivity index (χ0n) is 37.6. The molecule has 16 rings (SSSR count). The Morgan fingerprint density at radius 3 is 1.29 bits per heavy atom. The Morgan fingerprint density at radius 1 is 0.232 bits per heavy atom. The molecule has 0 aliphatic heterocycles. The van der Waals surface area contributed by atoms with E-state index in [9.17, 15) is 0 Å². The van der Waals surface area contributed by atoms with Crippen LogP contribution in [0.15, 0.2) is 249 Å². The number of benzene rings is 11. The third-order valence-electron chi connectivity index (χ3n) is 16.4. The molecule has 0 radical (unpaired) electrons. The monoisotopic (exact) mass is 871 g/mol. The number of anilines is 3. The first-order valence-corrected chi connectivity index (χ1v) is 24.3. The molecule has 2 spiro atoms. The minimum Gasteiger partial charge on any atom is -0.309 e. The second kappa shape index (κ2) is 13.4. The second-order valence-electron chi connectivity index (χ2n) is 19.4. The zero-order chi connectivity index (χ0) is 45.0. The number of nitrogens with zero attached hydrogens (tertiary/aromatic N) is 1. The SMILES string of the molecule is c1ccc(-c2ccccc2N(c2ccc(-c3ccc4c(c3)C35c6ccccc6-c6cccc(c63)-c3cccc-4c35)cc2)c2cccc3c2-c2ccccc2C32c3ccccc3-c3ccccc32)cc1. The molecular formula is C68H41N. The van der Waals surface area contributed by atoms with E-state index in [0.29, 0.717) is 0 Å². The molecule has 11 aromatic rings. The van der Waals surface area contributed by atoms with Gasteiger partial charge in [0, 0.05) is 16.8 Å². The molecule has 0 N–H and O–H groups in total. The van der Waals surface area contributed by atoms with Crippen LogP contribution in [0.4, 0.5) is 17.1 Å². The first-order chi connectivity index (χ1) is 34.3. The molecule has 0 bridgehead atoms. The van der Waals surface area contributed by atoms with Gasteiger partial charge < -0.3 is 4.90 Å². The molecule has 0 aromatic heterocycles. The summed E-state index contributed by atoms with van der Waals surface area (Å²) < 4.78 is 0. The van der Waals surface area contributed by atoms with E-state index in [0.717, 1.165) is 17.1 Å². The topological polar surface area (TPSA) is 3.24 Å². The molecular weight excluding hydrogens is 831 g/mol. The van der Waals surface area contributed by atoms with Crippen LogP contribution < -0.4 is 4.90 Å². The third kappa shape index (κ3) is 4.52. The molecule has 69 heavy (non-hydrogen) atoms. The van der Waals surface area contributed by atoms with Crippen molar-refractivity contribution in [1.82, 2.24) is 0 Å². The molecule has 5 aliphatic carbocycles. The molecule has 0 fully saturated rings. The summed E-state index contributed by atoms with van der Waals surface area (Å²) in [6.45, 7) is 0. The number of rotatable bonds is 5. The lowest BCUT2D eigenvalue weighted by Crippen LogP contribution is -2.26. The van der Waals surface area contributed by atoms with Crippen LogP contribution in [-0.2, 0) is 10.8 Å². The van der Waals surface area contributed by atoms with Gasteiger partial charge >= 0.3 is 0 Å². The molecule has 0 saturated heterocycles. The van der Waals surface area contributed by atoms with Gasteiger partial charge in [-0.2, -0.15) is 0 Å². The fourth-order valence-electron chi connectivity index (χ4n) is 14.0. The molecule has 11 aromatic carbocycles. The van der Waals surface area contributed by atoms with Crippen LogP contribution in [0.2, 0.25) is 0 Å². The predicted octanol–water partition coefficient (Wildman–Crippen LogP) is 17.2. The summed E-state index contributed by atoms with van der Waals surface area (Å²) in [4.78, 5) is 2.53. The highest BCUT2D eigenvalue weighted by Gasteiger charge is 2.57. The Hall–Kier alpha value is -8.78. The summed E-state index contributed by atoms with van der Waals surface area (Å²) in [5.74, 6) is 0. The lowest BCUT2D eigenvalue weighted by atomic mass is 9.70. The molecule has 1 unspecified atom stereocenters. The molecule has 1 nitrogen and oxygen atoms in total. The Kier molecular flexibility index (Phi) is 7.27. The molecule has 318 valence electrons. The van der Waals surface area contributed by atoms with E-state index in [4.69, 9.17) is 0 Å².